The normalized spacial score (nSPS) is 20.3. The van der Waals surface area contributed by atoms with E-state index in [1.165, 1.54) is 12.8 Å². The smallest absolute Gasteiger partial charge is 0.270 e. The molecule has 1 unspecified atom stereocenters. The number of aromatic amines is 1. The SMILES string of the molecule is CCN1CCCC1CN(C)C(=O)c1cc(Br)c[nH]1. The molecular formula is C13H20BrN3O. The summed E-state index contributed by atoms with van der Waals surface area (Å²) in [6.45, 7) is 5.23. The molecule has 2 rings (SSSR count). The maximum atomic E-state index is 12.2. The lowest BCUT2D eigenvalue weighted by atomic mass is 10.2. The summed E-state index contributed by atoms with van der Waals surface area (Å²) in [5, 5.41) is 0. The number of carbonyl (C=O) groups is 1. The highest BCUT2D eigenvalue weighted by molar-refractivity contribution is 9.10. The molecule has 2 heterocycles. The summed E-state index contributed by atoms with van der Waals surface area (Å²) in [7, 11) is 1.88. The minimum atomic E-state index is 0.0589. The molecular weight excluding hydrogens is 294 g/mol. The van der Waals surface area contributed by atoms with E-state index in [0.717, 1.165) is 24.1 Å². The fourth-order valence-electron chi connectivity index (χ4n) is 2.61. The molecule has 18 heavy (non-hydrogen) atoms. The first-order valence-corrected chi connectivity index (χ1v) is 7.24. The van der Waals surface area contributed by atoms with Crippen molar-refractivity contribution in [3.63, 3.8) is 0 Å². The van der Waals surface area contributed by atoms with Crippen LogP contribution in [0.3, 0.4) is 0 Å². The number of aromatic nitrogens is 1. The van der Waals surface area contributed by atoms with Gasteiger partial charge in [-0.3, -0.25) is 9.69 Å². The second kappa shape index (κ2) is 5.89. The summed E-state index contributed by atoms with van der Waals surface area (Å²) >= 11 is 3.35. The third kappa shape index (κ3) is 2.95. The Hall–Kier alpha value is -0.810. The predicted octanol–water partition coefficient (Wildman–Crippen LogP) is 2.33. The van der Waals surface area contributed by atoms with Crippen LogP contribution < -0.4 is 0 Å². The van der Waals surface area contributed by atoms with E-state index in [0.29, 0.717) is 11.7 Å². The number of halogens is 1. The van der Waals surface area contributed by atoms with Gasteiger partial charge in [0.25, 0.3) is 5.91 Å². The number of likely N-dealkylation sites (tertiary alicyclic amines) is 1. The zero-order chi connectivity index (χ0) is 13.1. The van der Waals surface area contributed by atoms with E-state index in [1.54, 1.807) is 6.20 Å². The van der Waals surface area contributed by atoms with Crippen LogP contribution in [-0.2, 0) is 0 Å². The van der Waals surface area contributed by atoms with Gasteiger partial charge >= 0.3 is 0 Å². The topological polar surface area (TPSA) is 39.3 Å². The summed E-state index contributed by atoms with van der Waals surface area (Å²) in [5.74, 6) is 0.0589. The standard InChI is InChI=1S/C13H20BrN3O/c1-3-17-6-4-5-11(17)9-16(2)13(18)12-7-10(14)8-15-12/h7-8,11,15H,3-6,9H2,1-2H3. The van der Waals surface area contributed by atoms with Crippen LogP contribution in [0.15, 0.2) is 16.7 Å². The Morgan fingerprint density at radius 1 is 1.67 bits per heavy atom. The van der Waals surface area contributed by atoms with Gasteiger partial charge < -0.3 is 9.88 Å². The van der Waals surface area contributed by atoms with E-state index >= 15 is 0 Å². The van der Waals surface area contributed by atoms with Crippen molar-refractivity contribution in [2.75, 3.05) is 26.7 Å². The van der Waals surface area contributed by atoms with Crippen molar-refractivity contribution in [2.45, 2.75) is 25.8 Å². The second-order valence-electron chi connectivity index (χ2n) is 4.84. The summed E-state index contributed by atoms with van der Waals surface area (Å²) in [4.78, 5) is 19.4. The minimum Gasteiger partial charge on any atom is -0.356 e. The number of nitrogens with one attached hydrogen (secondary N) is 1. The second-order valence-corrected chi connectivity index (χ2v) is 5.76. The van der Waals surface area contributed by atoms with E-state index in [4.69, 9.17) is 0 Å². The number of carbonyl (C=O) groups excluding carboxylic acids is 1. The Morgan fingerprint density at radius 2 is 2.44 bits per heavy atom. The van der Waals surface area contributed by atoms with Gasteiger partial charge in [0, 0.05) is 30.3 Å². The largest absolute Gasteiger partial charge is 0.356 e. The van der Waals surface area contributed by atoms with Crippen LogP contribution in [-0.4, -0.2) is 53.4 Å². The van der Waals surface area contributed by atoms with Gasteiger partial charge in [0.1, 0.15) is 5.69 Å². The molecule has 0 aromatic carbocycles. The Labute approximate surface area is 116 Å². The quantitative estimate of drug-likeness (QED) is 0.926. The average molecular weight is 314 g/mol. The van der Waals surface area contributed by atoms with E-state index in [9.17, 15) is 4.79 Å². The van der Waals surface area contributed by atoms with Gasteiger partial charge in [0.15, 0.2) is 0 Å². The molecule has 1 aliphatic heterocycles. The molecule has 1 aliphatic rings. The highest BCUT2D eigenvalue weighted by Gasteiger charge is 2.26. The number of amides is 1. The molecule has 5 heteroatoms. The number of hydrogen-bond acceptors (Lipinski definition) is 2. The van der Waals surface area contributed by atoms with Crippen LogP contribution in [0.1, 0.15) is 30.3 Å². The first kappa shape index (κ1) is 13.6. The Bertz CT molecular complexity index is 418. The molecule has 1 aromatic heterocycles. The van der Waals surface area contributed by atoms with Gasteiger partial charge in [-0.25, -0.2) is 0 Å². The Kier molecular flexibility index (Phi) is 4.45. The predicted molar refractivity (Wildman–Crippen MR) is 75.7 cm³/mol. The van der Waals surface area contributed by atoms with E-state index in [-0.39, 0.29) is 5.91 Å². The monoisotopic (exact) mass is 313 g/mol. The number of hydrogen-bond donors (Lipinski definition) is 1. The van der Waals surface area contributed by atoms with Crippen LogP contribution in [0.2, 0.25) is 0 Å². The first-order chi connectivity index (χ1) is 8.61. The van der Waals surface area contributed by atoms with Crippen molar-refractivity contribution in [3.05, 3.63) is 22.4 Å². The van der Waals surface area contributed by atoms with Crippen LogP contribution in [0.25, 0.3) is 0 Å². The molecule has 1 N–H and O–H groups in total. The summed E-state index contributed by atoms with van der Waals surface area (Å²) < 4.78 is 0.912. The lowest BCUT2D eigenvalue weighted by Crippen LogP contribution is -2.41. The van der Waals surface area contributed by atoms with Gasteiger partial charge in [0.2, 0.25) is 0 Å². The molecule has 0 bridgehead atoms. The molecule has 0 aliphatic carbocycles. The maximum absolute atomic E-state index is 12.2. The van der Waals surface area contributed by atoms with Gasteiger partial charge in [-0.15, -0.1) is 0 Å². The van der Waals surface area contributed by atoms with Crippen molar-refractivity contribution >= 4 is 21.8 Å². The van der Waals surface area contributed by atoms with Gasteiger partial charge in [-0.2, -0.15) is 0 Å². The number of rotatable bonds is 4. The van der Waals surface area contributed by atoms with Gasteiger partial charge in [-0.1, -0.05) is 6.92 Å². The van der Waals surface area contributed by atoms with Crippen LogP contribution in [0.5, 0.6) is 0 Å². The first-order valence-electron chi connectivity index (χ1n) is 6.45. The number of likely N-dealkylation sites (N-methyl/N-ethyl adjacent to an activating group) is 2. The number of H-pyrrole nitrogens is 1. The lowest BCUT2D eigenvalue weighted by Gasteiger charge is -2.27. The highest BCUT2D eigenvalue weighted by Crippen LogP contribution is 2.18. The van der Waals surface area contributed by atoms with Crippen molar-refractivity contribution in [2.24, 2.45) is 0 Å². The summed E-state index contributed by atoms with van der Waals surface area (Å²) in [5.41, 5.74) is 0.644. The third-order valence-electron chi connectivity index (χ3n) is 3.61. The van der Waals surface area contributed by atoms with Crippen LogP contribution >= 0.6 is 15.9 Å². The Balaban J connectivity index is 1.95. The highest BCUT2D eigenvalue weighted by atomic mass is 79.9. The minimum absolute atomic E-state index is 0.0589. The molecule has 0 radical (unpaired) electrons. The molecule has 4 nitrogen and oxygen atoms in total. The van der Waals surface area contributed by atoms with E-state index in [1.807, 2.05) is 18.0 Å². The van der Waals surface area contributed by atoms with E-state index in [2.05, 4.69) is 32.7 Å². The molecule has 1 atom stereocenters. The third-order valence-corrected chi connectivity index (χ3v) is 4.07. The number of nitrogens with zero attached hydrogens (tertiary/aromatic N) is 2. The average Bonchev–Trinajstić information content (AvgIpc) is 2.96. The van der Waals surface area contributed by atoms with Gasteiger partial charge in [0.05, 0.1) is 0 Å². The molecule has 0 saturated carbocycles. The van der Waals surface area contributed by atoms with Crippen molar-refractivity contribution in [1.29, 1.82) is 0 Å². The summed E-state index contributed by atoms with van der Waals surface area (Å²) in [6.07, 6.45) is 4.23. The van der Waals surface area contributed by atoms with Crippen molar-refractivity contribution in [3.8, 4) is 0 Å². The molecule has 1 aromatic rings. The lowest BCUT2D eigenvalue weighted by molar-refractivity contribution is 0.0749. The van der Waals surface area contributed by atoms with Crippen LogP contribution in [0.4, 0.5) is 0 Å². The van der Waals surface area contributed by atoms with Crippen molar-refractivity contribution < 1.29 is 4.79 Å². The molecule has 100 valence electrons. The van der Waals surface area contributed by atoms with Crippen molar-refractivity contribution in [1.82, 2.24) is 14.8 Å². The molecule has 1 fully saturated rings. The molecule has 0 spiro atoms. The summed E-state index contributed by atoms with van der Waals surface area (Å²) in [6, 6.07) is 2.34. The molecule has 1 amide bonds. The van der Waals surface area contributed by atoms with Crippen LogP contribution in [0, 0.1) is 0 Å². The zero-order valence-electron chi connectivity index (χ0n) is 10.9. The Morgan fingerprint density at radius 3 is 3.06 bits per heavy atom. The maximum Gasteiger partial charge on any atom is 0.270 e. The fourth-order valence-corrected chi connectivity index (χ4v) is 2.96. The zero-order valence-corrected chi connectivity index (χ0v) is 12.5. The van der Waals surface area contributed by atoms with E-state index < -0.39 is 0 Å². The molecule has 1 saturated heterocycles. The van der Waals surface area contributed by atoms with Gasteiger partial charge in [-0.05, 0) is 47.9 Å². The fraction of sp³-hybridized carbons (Fsp3) is 0.615.